The molecule has 0 saturated heterocycles. The van der Waals surface area contributed by atoms with Crippen molar-refractivity contribution in [3.8, 4) is 0 Å². The van der Waals surface area contributed by atoms with E-state index in [1.807, 2.05) is 36.4 Å². The number of halogens is 1. The topological polar surface area (TPSA) is 66.5 Å². The fourth-order valence-electron chi connectivity index (χ4n) is 2.54. The van der Waals surface area contributed by atoms with Gasteiger partial charge in [0.25, 0.3) is 0 Å². The second-order valence-corrected chi connectivity index (χ2v) is 8.31. The van der Waals surface area contributed by atoms with Crippen molar-refractivity contribution in [1.82, 2.24) is 4.31 Å². The highest BCUT2D eigenvalue weighted by atomic mass is 35.5. The first kappa shape index (κ1) is 18.4. The van der Waals surface area contributed by atoms with Crippen molar-refractivity contribution in [2.45, 2.75) is 4.90 Å². The summed E-state index contributed by atoms with van der Waals surface area (Å²) in [4.78, 5) is 12.3. The van der Waals surface area contributed by atoms with Crippen LogP contribution in [-0.2, 0) is 14.8 Å². The van der Waals surface area contributed by atoms with Gasteiger partial charge in [-0.15, -0.1) is 0 Å². The molecule has 134 valence electrons. The number of nitrogens with zero attached hydrogens (tertiary/aromatic N) is 1. The third-order valence-electron chi connectivity index (χ3n) is 3.92. The molecule has 0 bridgehead atoms. The number of benzene rings is 3. The summed E-state index contributed by atoms with van der Waals surface area (Å²) >= 11 is 5.78. The molecule has 0 radical (unpaired) electrons. The van der Waals surface area contributed by atoms with Gasteiger partial charge in [-0.05, 0) is 47.2 Å². The quantitative estimate of drug-likeness (QED) is 0.723. The van der Waals surface area contributed by atoms with Crippen molar-refractivity contribution in [2.75, 3.05) is 18.9 Å². The largest absolute Gasteiger partial charge is 0.325 e. The summed E-state index contributed by atoms with van der Waals surface area (Å²) < 4.78 is 26.0. The summed E-state index contributed by atoms with van der Waals surface area (Å²) in [6.45, 7) is -0.294. The van der Waals surface area contributed by atoms with Crippen molar-refractivity contribution in [3.05, 3.63) is 71.8 Å². The number of amides is 1. The maximum atomic E-state index is 12.5. The molecule has 0 aromatic heterocycles. The molecule has 1 N–H and O–H groups in total. The van der Waals surface area contributed by atoms with Crippen LogP contribution < -0.4 is 5.32 Å². The second-order valence-electron chi connectivity index (χ2n) is 5.83. The van der Waals surface area contributed by atoms with Crippen molar-refractivity contribution in [1.29, 1.82) is 0 Å². The minimum Gasteiger partial charge on any atom is -0.325 e. The molecule has 3 aromatic rings. The van der Waals surface area contributed by atoms with E-state index in [1.54, 1.807) is 6.07 Å². The number of fused-ring (bicyclic) bond motifs is 1. The maximum absolute atomic E-state index is 12.5. The smallest absolute Gasteiger partial charge is 0.243 e. The van der Waals surface area contributed by atoms with Gasteiger partial charge in [-0.25, -0.2) is 8.42 Å². The van der Waals surface area contributed by atoms with Gasteiger partial charge < -0.3 is 5.32 Å². The molecule has 0 aliphatic heterocycles. The van der Waals surface area contributed by atoms with Crippen LogP contribution in [0.4, 0.5) is 5.69 Å². The first-order chi connectivity index (χ1) is 12.4. The van der Waals surface area contributed by atoms with Gasteiger partial charge in [0, 0.05) is 17.8 Å². The number of rotatable bonds is 5. The van der Waals surface area contributed by atoms with Gasteiger partial charge in [-0.2, -0.15) is 4.31 Å². The van der Waals surface area contributed by atoms with Crippen LogP contribution in [0.1, 0.15) is 0 Å². The number of likely N-dealkylation sites (N-methyl/N-ethyl adjacent to an activating group) is 1. The fourth-order valence-corrected chi connectivity index (χ4v) is 3.79. The summed E-state index contributed by atoms with van der Waals surface area (Å²) in [6, 6.07) is 19.1. The maximum Gasteiger partial charge on any atom is 0.243 e. The lowest BCUT2D eigenvalue weighted by atomic mass is 10.1. The molecular weight excluding hydrogens is 372 g/mol. The number of nitrogens with one attached hydrogen (secondary N) is 1. The van der Waals surface area contributed by atoms with Crippen LogP contribution in [0.2, 0.25) is 5.02 Å². The summed E-state index contributed by atoms with van der Waals surface area (Å²) in [7, 11) is -2.40. The lowest BCUT2D eigenvalue weighted by molar-refractivity contribution is -0.116. The second kappa shape index (κ2) is 7.45. The third-order valence-corrected chi connectivity index (χ3v) is 5.99. The normalized spacial score (nSPS) is 11.7. The Morgan fingerprint density at radius 3 is 2.35 bits per heavy atom. The van der Waals surface area contributed by atoms with Gasteiger partial charge in [0.1, 0.15) is 0 Å². The average Bonchev–Trinajstić information content (AvgIpc) is 2.61. The number of carbonyl (C=O) groups is 1. The molecule has 0 atom stereocenters. The molecular formula is C19H17ClN2O3S. The number of hydrogen-bond donors (Lipinski definition) is 1. The van der Waals surface area contributed by atoms with Gasteiger partial charge in [-0.3, -0.25) is 4.79 Å². The van der Waals surface area contributed by atoms with E-state index in [9.17, 15) is 13.2 Å². The van der Waals surface area contributed by atoms with Crippen molar-refractivity contribution >= 4 is 44.0 Å². The van der Waals surface area contributed by atoms with E-state index >= 15 is 0 Å². The van der Waals surface area contributed by atoms with Crippen LogP contribution in [0.25, 0.3) is 10.8 Å². The SMILES string of the molecule is CN(CC(=O)Nc1ccc2ccccc2c1)S(=O)(=O)c1ccc(Cl)cc1. The standard InChI is InChI=1S/C19H17ClN2O3S/c1-22(26(24,25)18-10-7-16(20)8-11-18)13-19(23)21-17-9-6-14-4-2-3-5-15(14)12-17/h2-12H,13H2,1H3,(H,21,23). The Kier molecular flexibility index (Phi) is 5.27. The van der Waals surface area contributed by atoms with Gasteiger partial charge in [0.2, 0.25) is 15.9 Å². The molecule has 0 aliphatic rings. The number of carbonyl (C=O) groups excluding carboxylic acids is 1. The molecule has 7 heteroatoms. The Balaban J connectivity index is 1.71. The Morgan fingerprint density at radius 2 is 1.65 bits per heavy atom. The summed E-state index contributed by atoms with van der Waals surface area (Å²) in [5, 5.41) is 5.23. The summed E-state index contributed by atoms with van der Waals surface area (Å²) in [5.74, 6) is -0.416. The van der Waals surface area contributed by atoms with Crippen LogP contribution in [0.3, 0.4) is 0 Å². The lowest BCUT2D eigenvalue weighted by Crippen LogP contribution is -2.34. The van der Waals surface area contributed by atoms with E-state index in [0.29, 0.717) is 10.7 Å². The van der Waals surface area contributed by atoms with Gasteiger partial charge in [-0.1, -0.05) is 41.9 Å². The molecule has 5 nitrogen and oxygen atoms in total. The molecule has 1 amide bonds. The van der Waals surface area contributed by atoms with Gasteiger partial charge in [0.15, 0.2) is 0 Å². The highest BCUT2D eigenvalue weighted by molar-refractivity contribution is 7.89. The van der Waals surface area contributed by atoms with Crippen LogP contribution in [0.5, 0.6) is 0 Å². The first-order valence-electron chi connectivity index (χ1n) is 7.87. The highest BCUT2D eigenvalue weighted by Gasteiger charge is 2.22. The Hall–Kier alpha value is -2.41. The van der Waals surface area contributed by atoms with Crippen LogP contribution in [0.15, 0.2) is 71.6 Å². The van der Waals surface area contributed by atoms with Crippen molar-refractivity contribution in [2.24, 2.45) is 0 Å². The molecule has 0 heterocycles. The van der Waals surface area contributed by atoms with E-state index in [-0.39, 0.29) is 11.4 Å². The minimum absolute atomic E-state index is 0.0860. The lowest BCUT2D eigenvalue weighted by Gasteiger charge is -2.17. The molecule has 0 fully saturated rings. The first-order valence-corrected chi connectivity index (χ1v) is 9.68. The zero-order chi connectivity index (χ0) is 18.7. The van der Waals surface area contributed by atoms with E-state index in [2.05, 4.69) is 5.32 Å². The zero-order valence-electron chi connectivity index (χ0n) is 14.0. The van der Waals surface area contributed by atoms with E-state index < -0.39 is 15.9 Å². The molecule has 0 unspecified atom stereocenters. The average molecular weight is 389 g/mol. The van der Waals surface area contributed by atoms with Gasteiger partial charge >= 0.3 is 0 Å². The Bertz CT molecular complexity index is 1050. The third kappa shape index (κ3) is 4.04. The van der Waals surface area contributed by atoms with E-state index in [4.69, 9.17) is 11.6 Å². The minimum atomic E-state index is -3.76. The summed E-state index contributed by atoms with van der Waals surface area (Å²) in [5.41, 5.74) is 0.617. The zero-order valence-corrected chi connectivity index (χ0v) is 15.6. The van der Waals surface area contributed by atoms with E-state index in [0.717, 1.165) is 15.1 Å². The van der Waals surface area contributed by atoms with Crippen molar-refractivity contribution < 1.29 is 13.2 Å². The molecule has 0 spiro atoms. The Morgan fingerprint density at radius 1 is 1.00 bits per heavy atom. The molecule has 26 heavy (non-hydrogen) atoms. The number of sulfonamides is 1. The molecule has 0 saturated carbocycles. The monoisotopic (exact) mass is 388 g/mol. The molecule has 3 aromatic carbocycles. The van der Waals surface area contributed by atoms with Crippen LogP contribution >= 0.6 is 11.6 Å². The predicted octanol–water partition coefficient (Wildman–Crippen LogP) is 3.75. The predicted molar refractivity (Wildman–Crippen MR) is 104 cm³/mol. The highest BCUT2D eigenvalue weighted by Crippen LogP contribution is 2.20. The van der Waals surface area contributed by atoms with E-state index in [1.165, 1.54) is 31.3 Å². The van der Waals surface area contributed by atoms with Gasteiger partial charge in [0.05, 0.1) is 11.4 Å². The number of hydrogen-bond acceptors (Lipinski definition) is 3. The van der Waals surface area contributed by atoms with Crippen LogP contribution in [-0.4, -0.2) is 32.2 Å². The summed E-state index contributed by atoms with van der Waals surface area (Å²) in [6.07, 6.45) is 0. The van der Waals surface area contributed by atoms with Crippen LogP contribution in [0, 0.1) is 0 Å². The molecule has 3 rings (SSSR count). The Labute approximate surface area is 157 Å². The molecule has 0 aliphatic carbocycles. The number of anilines is 1. The van der Waals surface area contributed by atoms with Crippen molar-refractivity contribution in [3.63, 3.8) is 0 Å². The fraction of sp³-hybridized carbons (Fsp3) is 0.105.